The Kier molecular flexibility index (Phi) is 18.3. The van der Waals surface area contributed by atoms with Crippen molar-refractivity contribution in [1.82, 2.24) is 19.6 Å². The average Bonchev–Trinajstić information content (AvgIpc) is 3.17. The minimum absolute atomic E-state index is 0.0698. The Morgan fingerprint density at radius 2 is 0.962 bits per heavy atom. The van der Waals surface area contributed by atoms with Gasteiger partial charge >= 0.3 is 0 Å². The van der Waals surface area contributed by atoms with E-state index in [1.807, 2.05) is 60.7 Å². The summed E-state index contributed by atoms with van der Waals surface area (Å²) in [5.41, 5.74) is 8.12. The van der Waals surface area contributed by atoms with Gasteiger partial charge in [0.15, 0.2) is 0 Å². The molecule has 0 aliphatic rings. The highest BCUT2D eigenvalue weighted by Crippen LogP contribution is 2.15. The Labute approximate surface area is 311 Å². The van der Waals surface area contributed by atoms with Crippen LogP contribution in [0.15, 0.2) is 84.9 Å². The van der Waals surface area contributed by atoms with Crippen LogP contribution in [0, 0.1) is 0 Å². The highest BCUT2D eigenvalue weighted by Gasteiger charge is 2.27. The number of hydrogen-bond acceptors (Lipinski definition) is 9. The van der Waals surface area contributed by atoms with Crippen molar-refractivity contribution in [2.75, 3.05) is 98.8 Å². The van der Waals surface area contributed by atoms with Crippen LogP contribution in [-0.2, 0) is 46.3 Å². The van der Waals surface area contributed by atoms with Crippen LogP contribution in [-0.4, -0.2) is 143 Å². The molecule has 0 heterocycles. The summed E-state index contributed by atoms with van der Waals surface area (Å²) in [4.78, 5) is 72.2. The second-order valence-corrected chi connectivity index (χ2v) is 12.3. The largest absolute Gasteiger partial charge is 0.497 e. The van der Waals surface area contributed by atoms with Crippen molar-refractivity contribution in [3.8, 4) is 5.75 Å². The van der Waals surface area contributed by atoms with E-state index >= 15 is 0 Å². The van der Waals surface area contributed by atoms with Gasteiger partial charge in [-0.15, -0.1) is 0 Å². The van der Waals surface area contributed by atoms with E-state index in [-0.39, 0.29) is 78.0 Å². The van der Waals surface area contributed by atoms with Gasteiger partial charge in [-0.3, -0.25) is 24.0 Å². The van der Waals surface area contributed by atoms with Gasteiger partial charge < -0.3 is 44.9 Å². The normalized spacial score (nSPS) is 10.6. The van der Waals surface area contributed by atoms with Crippen molar-refractivity contribution in [3.05, 3.63) is 96.1 Å². The maximum Gasteiger partial charge on any atom is 0.242 e. The predicted octanol–water partition coefficient (Wildman–Crippen LogP) is 1.69. The lowest BCUT2D eigenvalue weighted by Gasteiger charge is -2.31. The van der Waals surface area contributed by atoms with Gasteiger partial charge in [0.2, 0.25) is 29.5 Å². The Bertz CT molecular complexity index is 1580. The minimum Gasteiger partial charge on any atom is -0.497 e. The second-order valence-electron chi connectivity index (χ2n) is 12.3. The van der Waals surface area contributed by atoms with Crippen LogP contribution >= 0.6 is 0 Å². The molecule has 3 N–H and O–H groups in total. The fraction of sp³-hybridized carbons (Fsp3) is 0.410. The van der Waals surface area contributed by atoms with E-state index in [9.17, 15) is 24.0 Å². The van der Waals surface area contributed by atoms with Crippen molar-refractivity contribution >= 4 is 35.2 Å². The molecule has 3 rings (SSSR count). The van der Waals surface area contributed by atoms with Crippen molar-refractivity contribution in [3.63, 3.8) is 0 Å². The molecular formula is C39H52N6O8. The first kappa shape index (κ1) is 41.9. The topological polar surface area (TPSA) is 164 Å². The van der Waals surface area contributed by atoms with Crippen LogP contribution < -0.4 is 15.8 Å². The van der Waals surface area contributed by atoms with Gasteiger partial charge in [0.05, 0.1) is 53.0 Å². The summed E-state index contributed by atoms with van der Waals surface area (Å²) in [7, 11) is 4.56. The average molecular weight is 733 g/mol. The number of carbonyl (C=O) groups excluding carboxylic acids is 5. The molecule has 0 bridgehead atoms. The summed E-state index contributed by atoms with van der Waals surface area (Å²) in [6, 6.07) is 26.1. The fourth-order valence-corrected chi connectivity index (χ4v) is 5.36. The van der Waals surface area contributed by atoms with E-state index in [2.05, 4.69) is 5.32 Å². The predicted molar refractivity (Wildman–Crippen MR) is 201 cm³/mol. The van der Waals surface area contributed by atoms with E-state index in [0.29, 0.717) is 24.3 Å². The zero-order chi connectivity index (χ0) is 38.4. The van der Waals surface area contributed by atoms with Crippen LogP contribution in [0.4, 0.5) is 5.69 Å². The third-order valence-corrected chi connectivity index (χ3v) is 8.43. The lowest BCUT2D eigenvalue weighted by Crippen LogP contribution is -2.52. The fourth-order valence-electron chi connectivity index (χ4n) is 5.36. The molecule has 0 aliphatic carbocycles. The van der Waals surface area contributed by atoms with Crippen molar-refractivity contribution in [1.29, 1.82) is 0 Å². The van der Waals surface area contributed by atoms with Crippen LogP contribution in [0.5, 0.6) is 5.75 Å². The van der Waals surface area contributed by atoms with Gasteiger partial charge in [-0.05, 0) is 48.2 Å². The van der Waals surface area contributed by atoms with Gasteiger partial charge in [-0.2, -0.15) is 0 Å². The van der Waals surface area contributed by atoms with Gasteiger partial charge in [0.1, 0.15) is 5.75 Å². The SMILES string of the molecule is COCCN(CC(=O)N(CCc1ccccc1)CC(=O)N(CCOC)CC(=O)N(CCc1ccccc1)CC(N)=O)C(=O)CNc1ccc(OC)cc1. The summed E-state index contributed by atoms with van der Waals surface area (Å²) in [5, 5.41) is 3.08. The maximum atomic E-state index is 14.0. The van der Waals surface area contributed by atoms with Crippen LogP contribution in [0.1, 0.15) is 11.1 Å². The molecule has 0 atom stereocenters. The number of hydrogen-bond donors (Lipinski definition) is 2. The van der Waals surface area contributed by atoms with Gasteiger partial charge in [0.25, 0.3) is 0 Å². The third kappa shape index (κ3) is 15.3. The highest BCUT2D eigenvalue weighted by atomic mass is 16.5. The molecule has 0 aliphatic heterocycles. The maximum absolute atomic E-state index is 14.0. The summed E-state index contributed by atoms with van der Waals surface area (Å²) in [6.45, 7) is -0.416. The van der Waals surface area contributed by atoms with Crippen LogP contribution in [0.2, 0.25) is 0 Å². The van der Waals surface area contributed by atoms with E-state index in [1.54, 1.807) is 31.4 Å². The molecule has 5 amide bonds. The number of amides is 5. The number of ether oxygens (including phenoxy) is 3. The molecule has 0 aromatic heterocycles. The smallest absolute Gasteiger partial charge is 0.242 e. The number of nitrogens with zero attached hydrogens (tertiary/aromatic N) is 4. The van der Waals surface area contributed by atoms with Gasteiger partial charge in [-0.25, -0.2) is 0 Å². The lowest BCUT2D eigenvalue weighted by molar-refractivity contribution is -0.146. The number of benzene rings is 3. The van der Waals surface area contributed by atoms with Crippen molar-refractivity contribution in [2.24, 2.45) is 5.73 Å². The summed E-state index contributed by atoms with van der Waals surface area (Å²) < 4.78 is 15.7. The minimum atomic E-state index is -0.675. The Morgan fingerprint density at radius 3 is 1.38 bits per heavy atom. The molecule has 0 unspecified atom stereocenters. The van der Waals surface area contributed by atoms with Crippen LogP contribution in [0.25, 0.3) is 0 Å². The number of nitrogens with one attached hydrogen (secondary N) is 1. The Hall–Kier alpha value is -5.47. The molecule has 0 radical (unpaired) electrons. The summed E-state index contributed by atoms with van der Waals surface area (Å²) in [5.74, 6) is -1.74. The highest BCUT2D eigenvalue weighted by molar-refractivity contribution is 5.91. The van der Waals surface area contributed by atoms with E-state index < -0.39 is 23.6 Å². The molecule has 0 saturated carbocycles. The Morgan fingerprint density at radius 1 is 0.547 bits per heavy atom. The molecule has 0 fully saturated rings. The van der Waals surface area contributed by atoms with Crippen molar-refractivity contribution < 1.29 is 38.2 Å². The third-order valence-electron chi connectivity index (χ3n) is 8.43. The zero-order valence-electron chi connectivity index (χ0n) is 30.9. The molecular weight excluding hydrogens is 680 g/mol. The molecule has 3 aromatic rings. The van der Waals surface area contributed by atoms with Gasteiger partial charge in [-0.1, -0.05) is 60.7 Å². The van der Waals surface area contributed by atoms with E-state index in [1.165, 1.54) is 33.8 Å². The number of primary amides is 1. The molecule has 0 saturated heterocycles. The zero-order valence-corrected chi connectivity index (χ0v) is 30.9. The van der Waals surface area contributed by atoms with Gasteiger partial charge in [0, 0.05) is 46.1 Å². The van der Waals surface area contributed by atoms with E-state index in [0.717, 1.165) is 11.1 Å². The molecule has 0 spiro atoms. The quantitative estimate of drug-likeness (QED) is 0.140. The van der Waals surface area contributed by atoms with Crippen LogP contribution in [0.3, 0.4) is 0 Å². The monoisotopic (exact) mass is 732 g/mol. The molecule has 286 valence electrons. The first-order valence-electron chi connectivity index (χ1n) is 17.5. The number of nitrogens with two attached hydrogens (primary N) is 1. The lowest BCUT2D eigenvalue weighted by atomic mass is 10.1. The summed E-state index contributed by atoms with van der Waals surface area (Å²) >= 11 is 0. The number of anilines is 1. The number of rotatable bonds is 24. The summed E-state index contributed by atoms with van der Waals surface area (Å²) in [6.07, 6.45) is 0.940. The molecule has 53 heavy (non-hydrogen) atoms. The van der Waals surface area contributed by atoms with E-state index in [4.69, 9.17) is 19.9 Å². The second kappa shape index (κ2) is 23.2. The molecule has 14 nitrogen and oxygen atoms in total. The Balaban J connectivity index is 1.77. The standard InChI is InChI=1S/C39H52N6O8/c1-51-24-22-44(36(47)26-41-33-14-16-34(53-3)17-15-33)29-38(49)43(21-19-32-12-8-5-9-13-32)28-39(50)45(23-25-52-2)30-37(48)42(27-35(40)46)20-18-31-10-6-4-7-11-31/h4-17,41H,18-30H2,1-3H3,(H2,40,46). The number of carbonyl (C=O) groups is 5. The van der Waals surface area contributed by atoms with Crippen molar-refractivity contribution in [2.45, 2.75) is 12.8 Å². The molecule has 14 heteroatoms. The first-order chi connectivity index (χ1) is 25.6. The number of methoxy groups -OCH3 is 3. The first-order valence-corrected chi connectivity index (χ1v) is 17.5. The molecule has 3 aromatic carbocycles.